The summed E-state index contributed by atoms with van der Waals surface area (Å²) < 4.78 is 22.6. The van der Waals surface area contributed by atoms with Crippen LogP contribution in [0.2, 0.25) is 0 Å². The number of amides is 2. The Balaban J connectivity index is 1.12. The normalized spacial score (nSPS) is 17.7. The van der Waals surface area contributed by atoms with E-state index in [1.54, 1.807) is 36.1 Å². The second-order valence-corrected chi connectivity index (χ2v) is 10.0. The van der Waals surface area contributed by atoms with E-state index in [9.17, 15) is 14.7 Å². The lowest BCUT2D eigenvalue weighted by Gasteiger charge is -2.26. The fourth-order valence-electron chi connectivity index (χ4n) is 4.82. The van der Waals surface area contributed by atoms with Gasteiger partial charge in [0, 0.05) is 33.0 Å². The van der Waals surface area contributed by atoms with Gasteiger partial charge in [0.2, 0.25) is 12.4 Å². The standard InChI is InChI=1S/C30H32N2O7/c1-30(28(33)34,39-25-6-4-3-5-7-25)17-21-8-11-24(12-9-21)36-15-14-23-19-32(29(35)31(23)2)18-22-10-13-26-27(16-22)38-20-37-26/h3-13,16,23H,14-15,17-20H2,1-2H3,(H,33,34)/t23-,30-/m0/s1. The van der Waals surface area contributed by atoms with Crippen LogP contribution in [0, 0.1) is 0 Å². The monoisotopic (exact) mass is 532 g/mol. The molecule has 2 aliphatic rings. The van der Waals surface area contributed by atoms with E-state index in [1.165, 1.54) is 0 Å². The summed E-state index contributed by atoms with van der Waals surface area (Å²) in [5, 5.41) is 9.82. The Hall–Kier alpha value is -4.40. The average Bonchev–Trinajstić information content (AvgIpc) is 3.50. The second-order valence-electron chi connectivity index (χ2n) is 10.0. The van der Waals surface area contributed by atoms with Crippen LogP contribution in [0.3, 0.4) is 0 Å². The number of carbonyl (C=O) groups excluding carboxylic acids is 1. The van der Waals surface area contributed by atoms with E-state index < -0.39 is 11.6 Å². The molecule has 5 rings (SSSR count). The number of carboxylic acid groups (broad SMARTS) is 1. The summed E-state index contributed by atoms with van der Waals surface area (Å²) in [7, 11) is 1.82. The molecular formula is C30H32N2O7. The van der Waals surface area contributed by atoms with Crippen molar-refractivity contribution in [1.29, 1.82) is 0 Å². The molecule has 1 saturated heterocycles. The van der Waals surface area contributed by atoms with Crippen molar-refractivity contribution in [2.75, 3.05) is 27.0 Å². The Labute approximate surface area is 227 Å². The largest absolute Gasteiger partial charge is 0.494 e. The van der Waals surface area contributed by atoms with Gasteiger partial charge in [-0.3, -0.25) is 0 Å². The third-order valence-electron chi connectivity index (χ3n) is 7.08. The average molecular weight is 533 g/mol. The van der Waals surface area contributed by atoms with E-state index in [2.05, 4.69) is 0 Å². The first-order valence-electron chi connectivity index (χ1n) is 12.9. The molecule has 2 heterocycles. The van der Waals surface area contributed by atoms with E-state index >= 15 is 0 Å². The van der Waals surface area contributed by atoms with Crippen molar-refractivity contribution in [2.24, 2.45) is 0 Å². The molecule has 2 atom stereocenters. The smallest absolute Gasteiger partial charge is 0.348 e. The van der Waals surface area contributed by atoms with Crippen LogP contribution in [0.15, 0.2) is 72.8 Å². The zero-order valence-electron chi connectivity index (χ0n) is 22.0. The van der Waals surface area contributed by atoms with Crippen LogP contribution < -0.4 is 18.9 Å². The minimum Gasteiger partial charge on any atom is -0.494 e. The zero-order chi connectivity index (χ0) is 27.4. The number of rotatable bonds is 11. The summed E-state index contributed by atoms with van der Waals surface area (Å²) in [6.07, 6.45) is 0.884. The Morgan fingerprint density at radius 2 is 1.72 bits per heavy atom. The minimum absolute atomic E-state index is 0.0128. The number of fused-ring (bicyclic) bond motifs is 1. The molecule has 3 aromatic rings. The van der Waals surface area contributed by atoms with Gasteiger partial charge in [-0.05, 0) is 54.4 Å². The molecule has 2 amide bonds. The van der Waals surface area contributed by atoms with Crippen molar-refractivity contribution in [1.82, 2.24) is 9.80 Å². The van der Waals surface area contributed by atoms with Gasteiger partial charge >= 0.3 is 12.0 Å². The number of carbonyl (C=O) groups is 2. The maximum absolute atomic E-state index is 12.8. The summed E-state index contributed by atoms with van der Waals surface area (Å²) in [5.41, 5.74) is 0.408. The Morgan fingerprint density at radius 1 is 1.00 bits per heavy atom. The maximum Gasteiger partial charge on any atom is 0.348 e. The van der Waals surface area contributed by atoms with Crippen molar-refractivity contribution >= 4 is 12.0 Å². The number of hydrogen-bond acceptors (Lipinski definition) is 6. The molecule has 0 radical (unpaired) electrons. The maximum atomic E-state index is 12.8. The summed E-state index contributed by atoms with van der Waals surface area (Å²) in [5.74, 6) is 1.59. The highest BCUT2D eigenvalue weighted by molar-refractivity contribution is 5.78. The number of para-hydroxylation sites is 1. The van der Waals surface area contributed by atoms with Crippen LogP contribution in [0.25, 0.3) is 0 Å². The second kappa shape index (κ2) is 11.1. The fourth-order valence-corrected chi connectivity index (χ4v) is 4.82. The zero-order valence-corrected chi connectivity index (χ0v) is 22.0. The van der Waals surface area contributed by atoms with Crippen LogP contribution >= 0.6 is 0 Å². The van der Waals surface area contributed by atoms with Gasteiger partial charge < -0.3 is 33.9 Å². The summed E-state index contributed by atoms with van der Waals surface area (Å²) in [6.45, 7) is 3.36. The van der Waals surface area contributed by atoms with Gasteiger partial charge in [-0.25, -0.2) is 9.59 Å². The van der Waals surface area contributed by atoms with E-state index in [0.717, 1.165) is 16.9 Å². The number of nitrogens with zero attached hydrogens (tertiary/aromatic N) is 2. The molecule has 0 unspecified atom stereocenters. The summed E-state index contributed by atoms with van der Waals surface area (Å²) in [4.78, 5) is 28.4. The number of ether oxygens (including phenoxy) is 4. The molecular weight excluding hydrogens is 500 g/mol. The summed E-state index contributed by atoms with van der Waals surface area (Å²) in [6, 6.07) is 22.1. The van der Waals surface area contributed by atoms with Crippen molar-refractivity contribution in [3.8, 4) is 23.0 Å². The molecule has 2 aliphatic heterocycles. The van der Waals surface area contributed by atoms with E-state index in [4.69, 9.17) is 18.9 Å². The number of urea groups is 1. The lowest BCUT2D eigenvalue weighted by molar-refractivity contribution is -0.153. The Kier molecular flexibility index (Phi) is 7.49. The number of benzene rings is 3. The molecule has 9 heteroatoms. The first-order chi connectivity index (χ1) is 18.8. The molecule has 3 aromatic carbocycles. The minimum atomic E-state index is -1.41. The summed E-state index contributed by atoms with van der Waals surface area (Å²) >= 11 is 0. The number of carboxylic acids is 1. The highest BCUT2D eigenvalue weighted by Crippen LogP contribution is 2.33. The predicted octanol–water partition coefficient (Wildman–Crippen LogP) is 4.59. The van der Waals surface area contributed by atoms with Gasteiger partial charge in [0.15, 0.2) is 11.5 Å². The van der Waals surface area contributed by atoms with Gasteiger partial charge in [-0.2, -0.15) is 0 Å². The number of hydrogen-bond donors (Lipinski definition) is 1. The SMILES string of the molecule is CN1C(=O)N(Cc2ccc3c(c2)OCO3)C[C@@H]1CCOc1ccc(C[C@](C)(Oc2ccccc2)C(=O)O)cc1. The topological polar surface area (TPSA) is 97.8 Å². The molecule has 0 saturated carbocycles. The molecule has 204 valence electrons. The third-order valence-corrected chi connectivity index (χ3v) is 7.08. The lowest BCUT2D eigenvalue weighted by Crippen LogP contribution is -2.43. The van der Waals surface area contributed by atoms with Crippen LogP contribution in [0.5, 0.6) is 23.0 Å². The first-order valence-corrected chi connectivity index (χ1v) is 12.9. The Bertz CT molecular complexity index is 1310. The van der Waals surface area contributed by atoms with Gasteiger partial charge in [-0.15, -0.1) is 0 Å². The highest BCUT2D eigenvalue weighted by atomic mass is 16.7. The molecule has 0 aliphatic carbocycles. The quantitative estimate of drug-likeness (QED) is 0.386. The van der Waals surface area contributed by atoms with E-state index in [1.807, 2.05) is 60.5 Å². The Morgan fingerprint density at radius 3 is 2.46 bits per heavy atom. The van der Waals surface area contributed by atoms with Gasteiger partial charge in [0.25, 0.3) is 0 Å². The van der Waals surface area contributed by atoms with Gasteiger partial charge in [0.1, 0.15) is 11.5 Å². The third kappa shape index (κ3) is 6.03. The molecule has 39 heavy (non-hydrogen) atoms. The van der Waals surface area contributed by atoms with Gasteiger partial charge in [0.05, 0.1) is 12.6 Å². The molecule has 0 aromatic heterocycles. The molecule has 9 nitrogen and oxygen atoms in total. The first kappa shape index (κ1) is 26.2. The van der Waals surface area contributed by atoms with Crippen molar-refractivity contribution in [3.63, 3.8) is 0 Å². The lowest BCUT2D eigenvalue weighted by atomic mass is 9.96. The van der Waals surface area contributed by atoms with Crippen molar-refractivity contribution < 1.29 is 33.6 Å². The van der Waals surface area contributed by atoms with E-state index in [-0.39, 0.29) is 25.3 Å². The predicted molar refractivity (Wildman–Crippen MR) is 143 cm³/mol. The van der Waals surface area contributed by atoms with Crippen LogP contribution in [0.4, 0.5) is 4.79 Å². The van der Waals surface area contributed by atoms with Gasteiger partial charge in [-0.1, -0.05) is 36.4 Å². The molecule has 0 bridgehead atoms. The van der Waals surface area contributed by atoms with E-state index in [0.29, 0.717) is 43.4 Å². The number of aliphatic carboxylic acids is 1. The molecule has 1 N–H and O–H groups in total. The van der Waals surface area contributed by atoms with Crippen LogP contribution in [-0.2, 0) is 17.8 Å². The van der Waals surface area contributed by atoms with Crippen molar-refractivity contribution in [3.05, 3.63) is 83.9 Å². The highest BCUT2D eigenvalue weighted by Gasteiger charge is 2.36. The number of likely N-dealkylation sites (N-methyl/N-ethyl adjacent to an activating group) is 1. The molecule has 0 spiro atoms. The van der Waals surface area contributed by atoms with Crippen LogP contribution in [-0.4, -0.2) is 65.5 Å². The molecule has 1 fully saturated rings. The fraction of sp³-hybridized carbons (Fsp3) is 0.333. The van der Waals surface area contributed by atoms with Crippen LogP contribution in [0.1, 0.15) is 24.5 Å². The van der Waals surface area contributed by atoms with Crippen molar-refractivity contribution in [2.45, 2.75) is 38.0 Å².